The summed E-state index contributed by atoms with van der Waals surface area (Å²) < 4.78 is 1.83. The van der Waals surface area contributed by atoms with Crippen LogP contribution in [0.4, 0.5) is 0 Å². The number of carbonyl (C=O) groups excluding carboxylic acids is 1. The van der Waals surface area contributed by atoms with Crippen LogP contribution in [0.2, 0.25) is 0 Å². The summed E-state index contributed by atoms with van der Waals surface area (Å²) in [7, 11) is 0. The minimum absolute atomic E-state index is 0.195. The van der Waals surface area contributed by atoms with Gasteiger partial charge in [0.25, 0.3) is 5.91 Å². The van der Waals surface area contributed by atoms with Gasteiger partial charge in [0, 0.05) is 24.5 Å². The van der Waals surface area contributed by atoms with Gasteiger partial charge in [-0.2, -0.15) is 0 Å². The number of fused-ring (bicyclic) bond motifs is 1. The van der Waals surface area contributed by atoms with E-state index in [1.165, 1.54) is 0 Å². The minimum Gasteiger partial charge on any atom is -0.345 e. The van der Waals surface area contributed by atoms with Crippen molar-refractivity contribution in [3.8, 4) is 0 Å². The second kappa shape index (κ2) is 5.68. The van der Waals surface area contributed by atoms with Gasteiger partial charge in [-0.25, -0.2) is 0 Å². The van der Waals surface area contributed by atoms with Gasteiger partial charge in [-0.05, 0) is 24.3 Å². The molecule has 0 unspecified atom stereocenters. The van der Waals surface area contributed by atoms with Crippen molar-refractivity contribution in [1.82, 2.24) is 24.9 Å². The van der Waals surface area contributed by atoms with Crippen LogP contribution in [0.1, 0.15) is 21.9 Å². The van der Waals surface area contributed by atoms with Gasteiger partial charge in [0.2, 0.25) is 0 Å². The van der Waals surface area contributed by atoms with E-state index in [1.807, 2.05) is 28.8 Å². The standard InChI is InChI=1S/C14H14N6O/c15-8-11-7-10(4-5-16-11)14(21)17-9-13-19-18-12-3-1-2-6-20(12)13/h1-7H,8-9,15H2,(H,17,21). The first-order valence-electron chi connectivity index (χ1n) is 6.50. The van der Waals surface area contributed by atoms with Crippen LogP contribution >= 0.6 is 0 Å². The maximum Gasteiger partial charge on any atom is 0.251 e. The Balaban J connectivity index is 1.73. The summed E-state index contributed by atoms with van der Waals surface area (Å²) in [5.74, 6) is 0.479. The van der Waals surface area contributed by atoms with Crippen molar-refractivity contribution in [3.05, 3.63) is 59.8 Å². The second-order valence-corrected chi connectivity index (χ2v) is 4.47. The van der Waals surface area contributed by atoms with Gasteiger partial charge >= 0.3 is 0 Å². The van der Waals surface area contributed by atoms with Crippen LogP contribution < -0.4 is 11.1 Å². The van der Waals surface area contributed by atoms with Gasteiger partial charge in [-0.15, -0.1) is 10.2 Å². The van der Waals surface area contributed by atoms with Crippen LogP contribution in [-0.4, -0.2) is 25.5 Å². The summed E-state index contributed by atoms with van der Waals surface area (Å²) in [5, 5.41) is 10.9. The molecule has 0 atom stereocenters. The topological polar surface area (TPSA) is 98.2 Å². The molecular formula is C14H14N6O. The van der Waals surface area contributed by atoms with E-state index in [1.54, 1.807) is 18.3 Å². The van der Waals surface area contributed by atoms with Gasteiger partial charge in [-0.1, -0.05) is 6.07 Å². The van der Waals surface area contributed by atoms with E-state index in [4.69, 9.17) is 5.73 Å². The quantitative estimate of drug-likeness (QED) is 0.726. The largest absolute Gasteiger partial charge is 0.345 e. The molecule has 0 radical (unpaired) electrons. The normalized spacial score (nSPS) is 10.7. The maximum absolute atomic E-state index is 12.1. The Morgan fingerprint density at radius 3 is 3.05 bits per heavy atom. The Morgan fingerprint density at radius 2 is 2.19 bits per heavy atom. The number of aromatic nitrogens is 4. The number of hydrogen-bond acceptors (Lipinski definition) is 5. The molecule has 0 bridgehead atoms. The maximum atomic E-state index is 12.1. The molecule has 0 aliphatic rings. The fraction of sp³-hybridized carbons (Fsp3) is 0.143. The predicted octanol–water partition coefficient (Wildman–Crippen LogP) is 0.513. The summed E-state index contributed by atoms with van der Waals surface area (Å²) in [5.41, 5.74) is 7.47. The van der Waals surface area contributed by atoms with Gasteiger partial charge in [-0.3, -0.25) is 14.2 Å². The highest BCUT2D eigenvalue weighted by molar-refractivity contribution is 5.94. The number of carbonyl (C=O) groups is 1. The van der Waals surface area contributed by atoms with Gasteiger partial charge in [0.1, 0.15) is 0 Å². The van der Waals surface area contributed by atoms with Crippen LogP contribution in [0, 0.1) is 0 Å². The van der Waals surface area contributed by atoms with E-state index in [0.29, 0.717) is 30.2 Å². The molecule has 3 N–H and O–H groups in total. The zero-order chi connectivity index (χ0) is 14.7. The van der Waals surface area contributed by atoms with Crippen molar-refractivity contribution in [1.29, 1.82) is 0 Å². The van der Waals surface area contributed by atoms with Gasteiger partial charge < -0.3 is 11.1 Å². The number of nitrogens with zero attached hydrogens (tertiary/aromatic N) is 4. The predicted molar refractivity (Wildman–Crippen MR) is 76.3 cm³/mol. The fourth-order valence-corrected chi connectivity index (χ4v) is 2.00. The van der Waals surface area contributed by atoms with E-state index in [2.05, 4.69) is 20.5 Å². The van der Waals surface area contributed by atoms with Gasteiger partial charge in [0.15, 0.2) is 11.5 Å². The molecule has 3 aromatic rings. The summed E-state index contributed by atoms with van der Waals surface area (Å²) in [6.07, 6.45) is 3.43. The molecule has 21 heavy (non-hydrogen) atoms. The Labute approximate surface area is 120 Å². The average Bonchev–Trinajstić information content (AvgIpc) is 2.96. The third-order valence-corrected chi connectivity index (χ3v) is 3.08. The molecule has 0 saturated heterocycles. The minimum atomic E-state index is -0.195. The highest BCUT2D eigenvalue weighted by Gasteiger charge is 2.09. The number of rotatable bonds is 4. The highest BCUT2D eigenvalue weighted by Crippen LogP contribution is 2.04. The third kappa shape index (κ3) is 2.72. The average molecular weight is 282 g/mol. The summed E-state index contributed by atoms with van der Waals surface area (Å²) in [6, 6.07) is 8.96. The van der Waals surface area contributed by atoms with Crippen molar-refractivity contribution < 1.29 is 4.79 Å². The zero-order valence-corrected chi connectivity index (χ0v) is 11.2. The Hall–Kier alpha value is -2.80. The number of amides is 1. The summed E-state index contributed by atoms with van der Waals surface area (Å²) in [6.45, 7) is 0.597. The van der Waals surface area contributed by atoms with Crippen LogP contribution in [0.3, 0.4) is 0 Å². The lowest BCUT2D eigenvalue weighted by Crippen LogP contribution is -2.24. The molecule has 3 aromatic heterocycles. The SMILES string of the molecule is NCc1cc(C(=O)NCc2nnc3ccccn23)ccn1. The molecule has 0 aliphatic carbocycles. The lowest BCUT2D eigenvalue weighted by atomic mass is 10.2. The summed E-state index contributed by atoms with van der Waals surface area (Å²) >= 11 is 0. The van der Waals surface area contributed by atoms with Crippen molar-refractivity contribution in [2.75, 3.05) is 0 Å². The molecule has 0 aliphatic heterocycles. The molecule has 3 rings (SSSR count). The van der Waals surface area contributed by atoms with Crippen LogP contribution in [0.5, 0.6) is 0 Å². The van der Waals surface area contributed by atoms with E-state index in [-0.39, 0.29) is 5.91 Å². The van der Waals surface area contributed by atoms with E-state index in [9.17, 15) is 4.79 Å². The molecule has 0 aromatic carbocycles. The number of hydrogen-bond donors (Lipinski definition) is 2. The first-order valence-corrected chi connectivity index (χ1v) is 6.50. The van der Waals surface area contributed by atoms with Crippen molar-refractivity contribution in [2.24, 2.45) is 5.73 Å². The van der Waals surface area contributed by atoms with Crippen LogP contribution in [0.15, 0.2) is 42.7 Å². The first kappa shape index (κ1) is 13.2. The molecule has 7 heteroatoms. The van der Waals surface area contributed by atoms with Gasteiger partial charge in [0.05, 0.1) is 12.2 Å². The lowest BCUT2D eigenvalue weighted by molar-refractivity contribution is 0.0949. The Kier molecular flexibility index (Phi) is 3.57. The third-order valence-electron chi connectivity index (χ3n) is 3.08. The van der Waals surface area contributed by atoms with Crippen LogP contribution in [0.25, 0.3) is 5.65 Å². The molecule has 106 valence electrons. The van der Waals surface area contributed by atoms with Crippen molar-refractivity contribution in [3.63, 3.8) is 0 Å². The van der Waals surface area contributed by atoms with Crippen molar-refractivity contribution >= 4 is 11.6 Å². The zero-order valence-electron chi connectivity index (χ0n) is 11.2. The number of nitrogens with one attached hydrogen (secondary N) is 1. The van der Waals surface area contributed by atoms with E-state index < -0.39 is 0 Å². The van der Waals surface area contributed by atoms with E-state index >= 15 is 0 Å². The molecule has 7 nitrogen and oxygen atoms in total. The molecule has 3 heterocycles. The molecular weight excluding hydrogens is 268 g/mol. The molecule has 0 saturated carbocycles. The second-order valence-electron chi connectivity index (χ2n) is 4.47. The lowest BCUT2D eigenvalue weighted by Gasteiger charge is -2.05. The summed E-state index contributed by atoms with van der Waals surface area (Å²) in [4.78, 5) is 16.2. The first-order chi connectivity index (χ1) is 10.3. The smallest absolute Gasteiger partial charge is 0.251 e. The molecule has 0 fully saturated rings. The van der Waals surface area contributed by atoms with E-state index in [0.717, 1.165) is 5.65 Å². The molecule has 0 spiro atoms. The van der Waals surface area contributed by atoms with Crippen LogP contribution in [-0.2, 0) is 13.1 Å². The highest BCUT2D eigenvalue weighted by atomic mass is 16.1. The Morgan fingerprint density at radius 1 is 1.29 bits per heavy atom. The number of pyridine rings is 2. The fourth-order valence-electron chi connectivity index (χ4n) is 2.00. The Bertz CT molecular complexity index is 782. The molecule has 1 amide bonds. The number of nitrogens with two attached hydrogens (primary N) is 1. The van der Waals surface area contributed by atoms with Crippen molar-refractivity contribution in [2.45, 2.75) is 13.1 Å². The monoisotopic (exact) mass is 282 g/mol.